The zero-order valence-corrected chi connectivity index (χ0v) is 21.5. The quantitative estimate of drug-likeness (QED) is 0.236. The number of rotatable bonds is 10. The average molecular weight is 506 g/mol. The zero-order chi connectivity index (χ0) is 23.6. The summed E-state index contributed by atoms with van der Waals surface area (Å²) in [6.45, 7) is 2.43. The van der Waals surface area contributed by atoms with Gasteiger partial charge in [0.1, 0.15) is 11.8 Å². The standard InChI is InChI=1S/C28H31N3O2S2/c29-17-26-25-11-8-22(33-14-15-34-24-12-13-32-18-24)16-27(25)31(21-2-1-3-21)28(26)19-4-6-20(7-5-19)30-35-23-9-10-23/h4-8,11,16,21,23-24,30H,1-3,9-10,12-15,18H2. The highest BCUT2D eigenvalue weighted by atomic mass is 32.2. The number of ether oxygens (including phenoxy) is 2. The molecule has 0 amide bonds. The van der Waals surface area contributed by atoms with E-state index in [1.54, 1.807) is 0 Å². The van der Waals surface area contributed by atoms with Crippen LogP contribution in [0.3, 0.4) is 0 Å². The van der Waals surface area contributed by atoms with Gasteiger partial charge in [-0.3, -0.25) is 0 Å². The van der Waals surface area contributed by atoms with Crippen LogP contribution in [0, 0.1) is 11.3 Å². The Bertz CT molecular complexity index is 1220. The van der Waals surface area contributed by atoms with Gasteiger partial charge in [0.25, 0.3) is 0 Å². The van der Waals surface area contributed by atoms with E-state index in [4.69, 9.17) is 9.47 Å². The van der Waals surface area contributed by atoms with Gasteiger partial charge >= 0.3 is 0 Å². The second kappa shape index (κ2) is 10.4. The number of anilines is 1. The van der Waals surface area contributed by atoms with E-state index in [2.05, 4.69) is 51.8 Å². The van der Waals surface area contributed by atoms with Gasteiger partial charge in [-0.2, -0.15) is 17.0 Å². The molecule has 2 aliphatic carbocycles. The summed E-state index contributed by atoms with van der Waals surface area (Å²) < 4.78 is 17.5. The fraction of sp³-hybridized carbons (Fsp3) is 0.464. The van der Waals surface area contributed by atoms with E-state index in [0.717, 1.165) is 82.6 Å². The number of nitrogens with one attached hydrogen (secondary N) is 1. The highest BCUT2D eigenvalue weighted by Gasteiger charge is 2.28. The van der Waals surface area contributed by atoms with E-state index in [0.29, 0.717) is 17.9 Å². The molecule has 1 atom stereocenters. The summed E-state index contributed by atoms with van der Waals surface area (Å²) in [4.78, 5) is 0. The SMILES string of the molecule is N#Cc1c(-c2ccc(NSC3CC3)cc2)n(C2CCC2)c2cc(OCCSC3CCOC3)ccc12. The number of hydrogen-bond donors (Lipinski definition) is 1. The first-order valence-corrected chi connectivity index (χ1v) is 14.7. The summed E-state index contributed by atoms with van der Waals surface area (Å²) in [6.07, 6.45) is 7.31. The van der Waals surface area contributed by atoms with E-state index >= 15 is 0 Å². The number of nitrogens with zero attached hydrogens (tertiary/aromatic N) is 2. The van der Waals surface area contributed by atoms with Crippen molar-refractivity contribution in [2.75, 3.05) is 30.3 Å². The zero-order valence-electron chi connectivity index (χ0n) is 19.9. The van der Waals surface area contributed by atoms with Crippen molar-refractivity contribution in [2.24, 2.45) is 0 Å². The van der Waals surface area contributed by atoms with Crippen LogP contribution in [0.25, 0.3) is 22.2 Å². The fourth-order valence-electron chi connectivity index (χ4n) is 4.85. The summed E-state index contributed by atoms with van der Waals surface area (Å²) in [5.74, 6) is 1.84. The molecule has 0 bridgehead atoms. The Hall–Kier alpha value is -2.27. The second-order valence-electron chi connectivity index (χ2n) is 9.67. The van der Waals surface area contributed by atoms with Gasteiger partial charge in [0, 0.05) is 46.0 Å². The van der Waals surface area contributed by atoms with Crippen LogP contribution >= 0.6 is 23.7 Å². The molecular formula is C28H31N3O2S2. The van der Waals surface area contributed by atoms with Gasteiger partial charge in [-0.05, 0) is 80.3 Å². The molecule has 6 rings (SSSR count). The molecule has 1 saturated heterocycles. The van der Waals surface area contributed by atoms with Crippen molar-refractivity contribution >= 4 is 40.3 Å². The molecule has 182 valence electrons. The van der Waals surface area contributed by atoms with Crippen molar-refractivity contribution in [2.45, 2.75) is 55.1 Å². The average Bonchev–Trinajstić information content (AvgIpc) is 3.44. The molecular weight excluding hydrogens is 474 g/mol. The Kier molecular flexibility index (Phi) is 6.86. The largest absolute Gasteiger partial charge is 0.493 e. The highest BCUT2D eigenvalue weighted by Crippen LogP contribution is 2.43. The van der Waals surface area contributed by atoms with Crippen LogP contribution in [-0.4, -0.2) is 40.6 Å². The molecule has 0 radical (unpaired) electrons. The normalized spacial score (nSPS) is 20.0. The van der Waals surface area contributed by atoms with Gasteiger partial charge in [-0.1, -0.05) is 12.1 Å². The molecule has 5 nitrogen and oxygen atoms in total. The lowest BCUT2D eigenvalue weighted by Crippen LogP contribution is -2.17. The van der Waals surface area contributed by atoms with Gasteiger partial charge in [-0.15, -0.1) is 0 Å². The van der Waals surface area contributed by atoms with Crippen LogP contribution in [0.1, 0.15) is 50.1 Å². The molecule has 7 heteroatoms. The predicted octanol–water partition coefficient (Wildman–Crippen LogP) is 7.03. The topological polar surface area (TPSA) is 59.2 Å². The summed E-state index contributed by atoms with van der Waals surface area (Å²) in [7, 11) is 0. The van der Waals surface area contributed by atoms with Crippen LogP contribution in [0.5, 0.6) is 5.75 Å². The third kappa shape index (κ3) is 5.02. The van der Waals surface area contributed by atoms with Gasteiger partial charge in [-0.25, -0.2) is 0 Å². The monoisotopic (exact) mass is 505 g/mol. The van der Waals surface area contributed by atoms with Gasteiger partial charge in [0.2, 0.25) is 0 Å². The summed E-state index contributed by atoms with van der Waals surface area (Å²) in [6, 6.07) is 17.8. The summed E-state index contributed by atoms with van der Waals surface area (Å²) >= 11 is 3.76. The molecule has 0 spiro atoms. The van der Waals surface area contributed by atoms with Crippen LogP contribution in [0.4, 0.5) is 5.69 Å². The van der Waals surface area contributed by atoms with E-state index in [9.17, 15) is 5.26 Å². The molecule has 1 unspecified atom stereocenters. The number of hydrogen-bond acceptors (Lipinski definition) is 6. The van der Waals surface area contributed by atoms with Gasteiger partial charge in [0.05, 0.1) is 30.0 Å². The van der Waals surface area contributed by atoms with E-state index in [1.807, 2.05) is 29.8 Å². The Morgan fingerprint density at radius 3 is 2.60 bits per heavy atom. The van der Waals surface area contributed by atoms with E-state index in [1.165, 1.54) is 19.3 Å². The molecule has 35 heavy (non-hydrogen) atoms. The first-order valence-electron chi connectivity index (χ1n) is 12.7. The molecule has 1 N–H and O–H groups in total. The highest BCUT2D eigenvalue weighted by molar-refractivity contribution is 8.01. The third-order valence-corrected chi connectivity index (χ3v) is 9.55. The molecule has 1 aromatic heterocycles. The van der Waals surface area contributed by atoms with Crippen molar-refractivity contribution < 1.29 is 9.47 Å². The van der Waals surface area contributed by atoms with E-state index < -0.39 is 0 Å². The number of nitriles is 1. The summed E-state index contributed by atoms with van der Waals surface area (Å²) in [5, 5.41) is 12.6. The lowest BCUT2D eigenvalue weighted by atomic mass is 9.92. The molecule has 3 aliphatic rings. The minimum atomic E-state index is 0.436. The maximum absolute atomic E-state index is 10.2. The molecule has 3 aromatic rings. The first-order chi connectivity index (χ1) is 17.3. The maximum atomic E-state index is 10.2. The number of fused-ring (bicyclic) bond motifs is 1. The van der Waals surface area contributed by atoms with Crippen LogP contribution in [0.2, 0.25) is 0 Å². The minimum absolute atomic E-state index is 0.436. The number of aromatic nitrogens is 1. The Balaban J connectivity index is 1.27. The molecule has 1 aliphatic heterocycles. The van der Waals surface area contributed by atoms with Crippen molar-refractivity contribution in [1.82, 2.24) is 4.57 Å². The lowest BCUT2D eigenvalue weighted by Gasteiger charge is -2.30. The Morgan fingerprint density at radius 2 is 1.91 bits per heavy atom. The molecule has 2 heterocycles. The van der Waals surface area contributed by atoms with E-state index in [-0.39, 0.29) is 0 Å². The number of benzene rings is 2. The maximum Gasteiger partial charge on any atom is 0.121 e. The van der Waals surface area contributed by atoms with Crippen LogP contribution < -0.4 is 9.46 Å². The van der Waals surface area contributed by atoms with Crippen LogP contribution in [-0.2, 0) is 4.74 Å². The molecule has 2 aromatic carbocycles. The fourth-order valence-corrected chi connectivity index (χ4v) is 6.63. The second-order valence-corrected chi connectivity index (χ2v) is 12.2. The van der Waals surface area contributed by atoms with Crippen molar-refractivity contribution in [1.29, 1.82) is 5.26 Å². The lowest BCUT2D eigenvalue weighted by molar-refractivity contribution is 0.199. The molecule has 2 saturated carbocycles. The Labute approximate surface area is 215 Å². The Morgan fingerprint density at radius 1 is 1.06 bits per heavy atom. The first kappa shape index (κ1) is 23.1. The predicted molar refractivity (Wildman–Crippen MR) is 146 cm³/mol. The molecule has 3 fully saturated rings. The van der Waals surface area contributed by atoms with Crippen LogP contribution in [0.15, 0.2) is 42.5 Å². The van der Waals surface area contributed by atoms with Crippen molar-refractivity contribution in [3.05, 3.63) is 48.0 Å². The third-order valence-electron chi connectivity index (χ3n) is 7.15. The van der Waals surface area contributed by atoms with Gasteiger partial charge in [0.15, 0.2) is 0 Å². The smallest absolute Gasteiger partial charge is 0.121 e. The summed E-state index contributed by atoms with van der Waals surface area (Å²) in [5.41, 5.74) is 5.14. The van der Waals surface area contributed by atoms with Crippen molar-refractivity contribution in [3.8, 4) is 23.1 Å². The number of thioether (sulfide) groups is 1. The van der Waals surface area contributed by atoms with Crippen molar-refractivity contribution in [3.63, 3.8) is 0 Å². The minimum Gasteiger partial charge on any atom is -0.493 e. The van der Waals surface area contributed by atoms with Gasteiger partial charge < -0.3 is 18.8 Å².